The van der Waals surface area contributed by atoms with Crippen molar-refractivity contribution in [2.75, 3.05) is 23.1 Å². The molecular weight excluding hydrogens is 550 g/mol. The molecule has 3 aromatic rings. The zero-order valence-electron chi connectivity index (χ0n) is 22.3. The van der Waals surface area contributed by atoms with Gasteiger partial charge in [0, 0.05) is 23.8 Å². The maximum absolute atomic E-state index is 13.7. The van der Waals surface area contributed by atoms with Crippen LogP contribution in [-0.4, -0.2) is 39.9 Å². The van der Waals surface area contributed by atoms with E-state index in [4.69, 9.17) is 15.0 Å². The molecule has 206 valence electrons. The van der Waals surface area contributed by atoms with Crippen LogP contribution in [-0.2, 0) is 9.59 Å². The number of ether oxygens (including phenoxy) is 1. The first-order valence-electron chi connectivity index (χ1n) is 12.4. The molecule has 13 heteroatoms. The second-order valence-corrected chi connectivity index (χ2v) is 12.4. The number of methoxy groups -OCH3 is 1. The van der Waals surface area contributed by atoms with Crippen molar-refractivity contribution in [1.82, 2.24) is 15.4 Å². The number of anilines is 2. The third-order valence-corrected chi connectivity index (χ3v) is 8.66. The minimum Gasteiger partial charge on any atom is -0.497 e. The summed E-state index contributed by atoms with van der Waals surface area (Å²) in [5, 5.41) is 25.7. The number of amides is 1. The Labute approximate surface area is 239 Å². The van der Waals surface area contributed by atoms with E-state index < -0.39 is 5.92 Å². The standard InChI is InChI=1S/C27H27N7O4S2/c1-14-8-20(33-38-14)30-21(36)13-39-26-32-31-25(40-26)34-18-10-27(2,3)11-19(35)23(18)22(17(12-28)24(34)29)15-6-5-7-16(9-15)37-4/h5-9,22H,10-11,13,29H2,1-4H3,(H,30,33,36). The molecule has 0 spiro atoms. The first-order valence-corrected chi connectivity index (χ1v) is 14.2. The van der Waals surface area contributed by atoms with Gasteiger partial charge in [-0.05, 0) is 36.5 Å². The summed E-state index contributed by atoms with van der Waals surface area (Å²) in [6, 6.07) is 11.2. The van der Waals surface area contributed by atoms with Crippen molar-refractivity contribution in [2.45, 2.75) is 43.9 Å². The number of Topliss-reactive ketones (excluding diaryl/α,β-unsaturated/α-hetero) is 1. The second-order valence-electron chi connectivity index (χ2n) is 10.3. The molecule has 0 bridgehead atoms. The Morgan fingerprint density at radius 1 is 1.35 bits per heavy atom. The van der Waals surface area contributed by atoms with E-state index in [1.165, 1.54) is 23.1 Å². The van der Waals surface area contributed by atoms with Gasteiger partial charge in [-0.1, -0.05) is 54.2 Å². The second kappa shape index (κ2) is 10.8. The van der Waals surface area contributed by atoms with Crippen LogP contribution in [0.5, 0.6) is 5.75 Å². The van der Waals surface area contributed by atoms with E-state index in [0.29, 0.717) is 50.9 Å². The summed E-state index contributed by atoms with van der Waals surface area (Å²) in [7, 11) is 1.57. The third-order valence-electron chi connectivity index (χ3n) is 6.62. The number of carbonyl (C=O) groups is 2. The number of ketones is 1. The number of nitrogens with zero attached hydrogens (tertiary/aromatic N) is 5. The molecule has 40 heavy (non-hydrogen) atoms. The average Bonchev–Trinajstić information content (AvgIpc) is 3.54. The van der Waals surface area contributed by atoms with Crippen molar-refractivity contribution in [3.8, 4) is 11.8 Å². The molecule has 0 saturated heterocycles. The molecule has 2 aliphatic rings. The smallest absolute Gasteiger partial charge is 0.236 e. The van der Waals surface area contributed by atoms with Gasteiger partial charge in [-0.25, -0.2) is 0 Å². The predicted molar refractivity (Wildman–Crippen MR) is 151 cm³/mol. The van der Waals surface area contributed by atoms with E-state index >= 15 is 0 Å². The lowest BCUT2D eigenvalue weighted by molar-refractivity contribution is -0.118. The number of carbonyl (C=O) groups excluding carboxylic acids is 2. The minimum absolute atomic E-state index is 0.0387. The summed E-state index contributed by atoms with van der Waals surface area (Å²) < 4.78 is 10.9. The van der Waals surface area contributed by atoms with Gasteiger partial charge in [-0.2, -0.15) is 5.26 Å². The third kappa shape index (κ3) is 5.32. The van der Waals surface area contributed by atoms with Gasteiger partial charge >= 0.3 is 0 Å². The van der Waals surface area contributed by atoms with Crippen LogP contribution in [0.1, 0.15) is 43.9 Å². The highest BCUT2D eigenvalue weighted by Crippen LogP contribution is 2.51. The Bertz CT molecular complexity index is 1600. The predicted octanol–water partition coefficient (Wildman–Crippen LogP) is 4.51. The van der Waals surface area contributed by atoms with E-state index in [9.17, 15) is 14.9 Å². The number of nitrogens with two attached hydrogens (primary N) is 1. The van der Waals surface area contributed by atoms with Crippen LogP contribution in [0.4, 0.5) is 10.9 Å². The van der Waals surface area contributed by atoms with Gasteiger partial charge in [0.05, 0.1) is 30.4 Å². The van der Waals surface area contributed by atoms with Crippen molar-refractivity contribution >= 4 is 45.7 Å². The van der Waals surface area contributed by atoms with Crippen LogP contribution in [0.25, 0.3) is 0 Å². The molecule has 1 amide bonds. The fourth-order valence-corrected chi connectivity index (χ4v) is 6.65. The lowest BCUT2D eigenvalue weighted by Crippen LogP contribution is -2.42. The molecule has 0 radical (unpaired) electrons. The van der Waals surface area contributed by atoms with Gasteiger partial charge < -0.3 is 20.3 Å². The van der Waals surface area contributed by atoms with Crippen LogP contribution < -0.4 is 20.7 Å². The molecule has 1 aliphatic heterocycles. The number of hydrogen-bond donors (Lipinski definition) is 2. The number of nitrogens with one attached hydrogen (secondary N) is 1. The van der Waals surface area contributed by atoms with Crippen molar-refractivity contribution in [3.63, 3.8) is 0 Å². The number of aromatic nitrogens is 3. The summed E-state index contributed by atoms with van der Waals surface area (Å²) in [5.74, 6) is 0.889. The highest BCUT2D eigenvalue weighted by Gasteiger charge is 2.45. The van der Waals surface area contributed by atoms with E-state index in [0.717, 1.165) is 5.56 Å². The van der Waals surface area contributed by atoms with Crippen LogP contribution in [0.2, 0.25) is 0 Å². The van der Waals surface area contributed by atoms with Gasteiger partial charge in [0.15, 0.2) is 15.9 Å². The molecule has 3 heterocycles. The topological polar surface area (TPSA) is 160 Å². The van der Waals surface area contributed by atoms with E-state index in [-0.39, 0.29) is 34.3 Å². The van der Waals surface area contributed by atoms with E-state index in [1.807, 2.05) is 38.1 Å². The maximum atomic E-state index is 13.7. The largest absolute Gasteiger partial charge is 0.497 e. The first kappa shape index (κ1) is 27.4. The molecule has 11 nitrogen and oxygen atoms in total. The summed E-state index contributed by atoms with van der Waals surface area (Å²) >= 11 is 2.44. The van der Waals surface area contributed by atoms with Gasteiger partial charge in [0.1, 0.15) is 17.3 Å². The number of thioether (sulfide) groups is 1. The van der Waals surface area contributed by atoms with Gasteiger partial charge in [-0.3, -0.25) is 14.5 Å². The SMILES string of the molecule is COc1cccc(C2C(C#N)=C(N)N(c3nnc(SCC(=O)Nc4cc(C)on4)s3)C3=C2C(=O)CC(C)(C)C3)c1. The van der Waals surface area contributed by atoms with Crippen molar-refractivity contribution in [3.05, 3.63) is 64.3 Å². The molecule has 1 unspecified atom stereocenters. The fraction of sp³-hybridized carbons (Fsp3) is 0.333. The summed E-state index contributed by atoms with van der Waals surface area (Å²) in [6.07, 6.45) is 0.895. The molecular formula is C27H27N7O4S2. The number of hydrogen-bond acceptors (Lipinski definition) is 12. The number of aryl methyl sites for hydroxylation is 1. The lowest BCUT2D eigenvalue weighted by Gasteiger charge is -2.42. The van der Waals surface area contributed by atoms with Crippen LogP contribution in [0.3, 0.4) is 0 Å². The molecule has 1 aliphatic carbocycles. The van der Waals surface area contributed by atoms with Crippen molar-refractivity contribution < 1.29 is 18.8 Å². The van der Waals surface area contributed by atoms with Crippen molar-refractivity contribution in [2.24, 2.45) is 11.1 Å². The normalized spacial score (nSPS) is 18.4. The number of nitriles is 1. The molecule has 2 aromatic heterocycles. The zero-order chi connectivity index (χ0) is 28.6. The van der Waals surface area contributed by atoms with E-state index in [1.54, 1.807) is 25.0 Å². The minimum atomic E-state index is -0.624. The Hall–Kier alpha value is -4.15. The monoisotopic (exact) mass is 577 g/mol. The van der Waals surface area contributed by atoms with E-state index in [2.05, 4.69) is 26.7 Å². The highest BCUT2D eigenvalue weighted by atomic mass is 32.2. The zero-order valence-corrected chi connectivity index (χ0v) is 24.0. The quantitative estimate of drug-likeness (QED) is 0.380. The van der Waals surface area contributed by atoms with Crippen LogP contribution >= 0.6 is 23.1 Å². The maximum Gasteiger partial charge on any atom is 0.236 e. The van der Waals surface area contributed by atoms with Gasteiger partial charge in [0.2, 0.25) is 11.0 Å². The molecule has 5 rings (SSSR count). The molecule has 1 atom stereocenters. The molecule has 0 fully saturated rings. The van der Waals surface area contributed by atoms with Gasteiger partial charge in [0.25, 0.3) is 0 Å². The Morgan fingerprint density at radius 3 is 2.85 bits per heavy atom. The Kier molecular flexibility index (Phi) is 7.39. The Balaban J connectivity index is 1.49. The summed E-state index contributed by atoms with van der Waals surface area (Å²) in [5.41, 5.74) is 8.61. The Morgan fingerprint density at radius 2 is 2.15 bits per heavy atom. The molecule has 0 saturated carbocycles. The summed E-state index contributed by atoms with van der Waals surface area (Å²) in [6.45, 7) is 5.80. The number of allylic oxidation sites excluding steroid dienone is 3. The first-order chi connectivity index (χ1) is 19.1. The molecule has 1 aromatic carbocycles. The fourth-order valence-electron chi connectivity index (χ4n) is 4.96. The summed E-state index contributed by atoms with van der Waals surface area (Å²) in [4.78, 5) is 27.7. The lowest BCUT2D eigenvalue weighted by atomic mass is 9.68. The van der Waals surface area contributed by atoms with Crippen molar-refractivity contribution in [1.29, 1.82) is 5.26 Å². The molecule has 3 N–H and O–H groups in total. The number of benzene rings is 1. The van der Waals surface area contributed by atoms with Crippen LogP contribution in [0, 0.1) is 23.7 Å². The average molecular weight is 578 g/mol. The number of rotatable bonds is 7. The highest BCUT2D eigenvalue weighted by molar-refractivity contribution is 8.01. The van der Waals surface area contributed by atoms with Gasteiger partial charge in [-0.15, -0.1) is 10.2 Å². The van der Waals surface area contributed by atoms with Crippen LogP contribution in [0.15, 0.2) is 61.9 Å².